The molecule has 0 radical (unpaired) electrons. The van der Waals surface area contributed by atoms with E-state index in [1.54, 1.807) is 0 Å². The van der Waals surface area contributed by atoms with Crippen molar-refractivity contribution >= 4 is 28.2 Å². The molecule has 13 nitrogen and oxygen atoms in total. The Bertz CT molecular complexity index is 1080. The fourth-order valence-corrected chi connectivity index (χ4v) is 2.28. The van der Waals surface area contributed by atoms with Gasteiger partial charge in [-0.25, -0.2) is 4.79 Å². The molecular weight excluding hydrogens is 352 g/mol. The Hall–Kier alpha value is -4.29. The van der Waals surface area contributed by atoms with Gasteiger partial charge in [-0.2, -0.15) is 0 Å². The number of aromatic hydroxyl groups is 2. The number of hydrogen-bond donors (Lipinski definition) is 4. The smallest absolute Gasteiger partial charge is 0.504 e. The van der Waals surface area contributed by atoms with Crippen LogP contribution in [-0.4, -0.2) is 57.1 Å². The highest BCUT2D eigenvalue weighted by Gasteiger charge is 2.22. The lowest BCUT2D eigenvalue weighted by molar-refractivity contribution is 0.149. The molecule has 0 saturated heterocycles. The lowest BCUT2D eigenvalue weighted by Gasteiger charge is -2.08. The van der Waals surface area contributed by atoms with Crippen molar-refractivity contribution in [1.29, 1.82) is 0 Å². The maximum atomic E-state index is 12.1. The predicted molar refractivity (Wildman–Crippen MR) is 79.4 cm³/mol. The fourth-order valence-electron chi connectivity index (χ4n) is 2.28. The number of carbonyl (C=O) groups excluding carboxylic acids is 1. The highest BCUT2D eigenvalue weighted by Crippen LogP contribution is 2.36. The van der Waals surface area contributed by atoms with Crippen LogP contribution in [-0.2, 0) is 0 Å². The molecule has 26 heavy (non-hydrogen) atoms. The van der Waals surface area contributed by atoms with Crippen molar-refractivity contribution < 1.29 is 34.9 Å². The van der Waals surface area contributed by atoms with Gasteiger partial charge in [-0.1, -0.05) is 9.69 Å². The summed E-state index contributed by atoms with van der Waals surface area (Å²) >= 11 is 0. The summed E-state index contributed by atoms with van der Waals surface area (Å²) in [5.41, 5.74) is -0.0705. The molecule has 0 spiro atoms. The zero-order valence-corrected chi connectivity index (χ0v) is 12.5. The van der Waals surface area contributed by atoms with E-state index in [0.29, 0.717) is 9.69 Å². The number of rotatable bonds is 2. The summed E-state index contributed by atoms with van der Waals surface area (Å²) in [4.78, 5) is 12.9. The molecule has 2 aromatic carbocycles. The molecule has 0 unspecified atom stereocenters. The summed E-state index contributed by atoms with van der Waals surface area (Å²) < 4.78 is 9.84. The molecule has 0 fully saturated rings. The molecule has 132 valence electrons. The van der Waals surface area contributed by atoms with Crippen molar-refractivity contribution in [2.24, 2.45) is 0 Å². The van der Waals surface area contributed by atoms with Crippen molar-refractivity contribution in [3.05, 3.63) is 24.3 Å². The Morgan fingerprint density at radius 3 is 1.65 bits per heavy atom. The first kappa shape index (κ1) is 15.3. The summed E-state index contributed by atoms with van der Waals surface area (Å²) in [5, 5.41) is 52.5. The lowest BCUT2D eigenvalue weighted by atomic mass is 10.2. The number of carbonyl (C=O) groups is 1. The second-order valence-corrected chi connectivity index (χ2v) is 4.97. The zero-order chi connectivity index (χ0) is 18.4. The SMILES string of the molecule is O=C(Oc1c(O)ccc2c1nnn2O)Oc1c(O)ccc2c1nnn2O. The molecule has 0 saturated carbocycles. The molecule has 0 atom stereocenters. The van der Waals surface area contributed by atoms with E-state index in [0.717, 1.165) is 12.1 Å². The van der Waals surface area contributed by atoms with Crippen LogP contribution in [0.3, 0.4) is 0 Å². The predicted octanol–water partition coefficient (Wildman–Crippen LogP) is 0.640. The second kappa shape index (κ2) is 5.37. The van der Waals surface area contributed by atoms with Gasteiger partial charge in [-0.3, -0.25) is 0 Å². The Kier molecular flexibility index (Phi) is 3.15. The molecule has 2 heterocycles. The number of phenols is 2. The molecule has 4 rings (SSSR count). The van der Waals surface area contributed by atoms with Crippen LogP contribution >= 0.6 is 0 Å². The van der Waals surface area contributed by atoms with Crippen LogP contribution in [0.15, 0.2) is 24.3 Å². The molecule has 0 aliphatic heterocycles. The molecule has 4 N–H and O–H groups in total. The topological polar surface area (TPSA) is 178 Å². The van der Waals surface area contributed by atoms with E-state index in [-0.39, 0.29) is 22.1 Å². The van der Waals surface area contributed by atoms with Crippen LogP contribution in [0.1, 0.15) is 0 Å². The third-order valence-corrected chi connectivity index (χ3v) is 3.44. The van der Waals surface area contributed by atoms with Gasteiger partial charge in [-0.05, 0) is 34.7 Å². The van der Waals surface area contributed by atoms with Crippen molar-refractivity contribution in [3.8, 4) is 23.0 Å². The van der Waals surface area contributed by atoms with Crippen LogP contribution in [0.2, 0.25) is 0 Å². The third kappa shape index (κ3) is 2.22. The minimum absolute atomic E-state index is 0.0683. The number of fused-ring (bicyclic) bond motifs is 2. The molecule has 2 aromatic heterocycles. The number of ether oxygens (including phenoxy) is 2. The minimum atomic E-state index is -1.35. The van der Waals surface area contributed by atoms with E-state index in [1.807, 2.05) is 0 Å². The second-order valence-electron chi connectivity index (χ2n) is 4.97. The summed E-state index contributed by atoms with van der Waals surface area (Å²) in [5.74, 6) is -1.74. The first-order valence-corrected chi connectivity index (χ1v) is 6.88. The van der Waals surface area contributed by atoms with Gasteiger partial charge in [0.2, 0.25) is 11.5 Å². The number of nitrogens with zero attached hydrogens (tertiary/aromatic N) is 6. The van der Waals surface area contributed by atoms with Crippen molar-refractivity contribution in [2.75, 3.05) is 0 Å². The van der Waals surface area contributed by atoms with E-state index >= 15 is 0 Å². The number of hydrogen-bond acceptors (Lipinski definition) is 11. The van der Waals surface area contributed by atoms with E-state index in [9.17, 15) is 25.4 Å². The number of aromatic nitrogens is 6. The molecule has 0 amide bonds. The zero-order valence-electron chi connectivity index (χ0n) is 12.5. The van der Waals surface area contributed by atoms with E-state index < -0.39 is 29.2 Å². The van der Waals surface area contributed by atoms with Gasteiger partial charge in [0.05, 0.1) is 0 Å². The van der Waals surface area contributed by atoms with E-state index in [1.165, 1.54) is 12.1 Å². The molecule has 13 heteroatoms. The third-order valence-electron chi connectivity index (χ3n) is 3.44. The van der Waals surface area contributed by atoms with Gasteiger partial charge in [0.15, 0.2) is 22.5 Å². The van der Waals surface area contributed by atoms with E-state index in [4.69, 9.17) is 9.47 Å². The Balaban J connectivity index is 1.69. The van der Waals surface area contributed by atoms with Crippen molar-refractivity contribution in [3.63, 3.8) is 0 Å². The molecule has 0 aliphatic carbocycles. The first-order chi connectivity index (χ1) is 12.5. The minimum Gasteiger partial charge on any atom is -0.504 e. The van der Waals surface area contributed by atoms with Gasteiger partial charge in [0, 0.05) is 0 Å². The van der Waals surface area contributed by atoms with Crippen LogP contribution in [0.25, 0.3) is 22.1 Å². The van der Waals surface area contributed by atoms with Gasteiger partial charge < -0.3 is 30.1 Å². The van der Waals surface area contributed by atoms with Crippen LogP contribution in [0, 0.1) is 0 Å². The van der Waals surface area contributed by atoms with Crippen molar-refractivity contribution in [1.82, 2.24) is 30.3 Å². The molecule has 4 aromatic rings. The highest BCUT2D eigenvalue weighted by molar-refractivity contribution is 5.89. The summed E-state index contributed by atoms with van der Waals surface area (Å²) in [6, 6.07) is 4.90. The maximum absolute atomic E-state index is 12.1. The largest absolute Gasteiger partial charge is 0.519 e. The van der Waals surface area contributed by atoms with Crippen LogP contribution < -0.4 is 9.47 Å². The molecule has 0 aliphatic rings. The summed E-state index contributed by atoms with van der Waals surface area (Å²) in [6.45, 7) is 0. The normalized spacial score (nSPS) is 11.1. The van der Waals surface area contributed by atoms with Gasteiger partial charge in [0.25, 0.3) is 0 Å². The Labute approximate surface area is 141 Å². The average Bonchev–Trinajstić information content (AvgIpc) is 3.16. The Morgan fingerprint density at radius 2 is 1.23 bits per heavy atom. The first-order valence-electron chi connectivity index (χ1n) is 6.88. The van der Waals surface area contributed by atoms with Crippen LogP contribution in [0.4, 0.5) is 4.79 Å². The monoisotopic (exact) mass is 360 g/mol. The number of phenolic OH excluding ortho intramolecular Hbond substituents is 2. The van der Waals surface area contributed by atoms with E-state index in [2.05, 4.69) is 20.6 Å². The summed E-state index contributed by atoms with van der Waals surface area (Å²) in [7, 11) is 0. The van der Waals surface area contributed by atoms with Gasteiger partial charge in [0.1, 0.15) is 11.0 Å². The lowest BCUT2D eigenvalue weighted by Crippen LogP contribution is -2.14. The van der Waals surface area contributed by atoms with Crippen LogP contribution in [0.5, 0.6) is 23.0 Å². The maximum Gasteiger partial charge on any atom is 0.519 e. The molecule has 0 bridgehead atoms. The van der Waals surface area contributed by atoms with Crippen molar-refractivity contribution in [2.45, 2.75) is 0 Å². The number of benzene rings is 2. The summed E-state index contributed by atoms with van der Waals surface area (Å²) in [6.07, 6.45) is -1.35. The average molecular weight is 360 g/mol. The fraction of sp³-hybridized carbons (Fsp3) is 0. The standard InChI is InChI=1S/C13H8N6O7/c20-7-3-1-5-9(14-16-18(5)23)11(7)25-13(22)26-12-8(21)4-2-6-10(12)15-17-19(6)24/h1-4,20-21,23-24H. The Morgan fingerprint density at radius 1 is 0.808 bits per heavy atom. The molecular formula is C13H8N6O7. The van der Waals surface area contributed by atoms with Gasteiger partial charge >= 0.3 is 6.16 Å². The quantitative estimate of drug-likeness (QED) is 0.224. The van der Waals surface area contributed by atoms with Gasteiger partial charge in [-0.15, -0.1) is 10.2 Å². The highest BCUT2D eigenvalue weighted by atomic mass is 16.7.